The van der Waals surface area contributed by atoms with Crippen molar-refractivity contribution in [1.29, 1.82) is 0 Å². The predicted octanol–water partition coefficient (Wildman–Crippen LogP) is 5.49. The molecule has 0 fully saturated rings. The topological polar surface area (TPSA) is 95.9 Å². The molecule has 3 heterocycles. The van der Waals surface area contributed by atoms with Crippen molar-refractivity contribution in [2.75, 3.05) is 5.32 Å². The molecule has 162 valence electrons. The fraction of sp³-hybridized carbons (Fsp3) is 0.208. The normalized spacial score (nSPS) is 11.7. The number of rotatable bonds is 7. The van der Waals surface area contributed by atoms with E-state index in [9.17, 15) is 4.79 Å². The van der Waals surface area contributed by atoms with Crippen molar-refractivity contribution < 1.29 is 4.79 Å². The number of aliphatic imine (C=N–C) groups is 1. The van der Waals surface area contributed by atoms with Crippen LogP contribution in [0.2, 0.25) is 0 Å². The van der Waals surface area contributed by atoms with Gasteiger partial charge in [0.05, 0.1) is 16.1 Å². The third kappa shape index (κ3) is 4.70. The molecule has 2 N–H and O–H groups in total. The number of hydrogen-bond donors (Lipinski definition) is 2. The largest absolute Gasteiger partial charge is 0.365 e. The molecule has 32 heavy (non-hydrogen) atoms. The molecular weight excluding hydrogens is 420 g/mol. The Balaban J connectivity index is 1.71. The van der Waals surface area contributed by atoms with Gasteiger partial charge in [-0.1, -0.05) is 31.2 Å². The summed E-state index contributed by atoms with van der Waals surface area (Å²) in [6, 6.07) is 11.9. The van der Waals surface area contributed by atoms with Crippen LogP contribution in [0.15, 0.2) is 58.9 Å². The summed E-state index contributed by atoms with van der Waals surface area (Å²) in [7, 11) is 0. The first-order valence-corrected chi connectivity index (χ1v) is 11.2. The van der Waals surface area contributed by atoms with Crippen molar-refractivity contribution >= 4 is 45.6 Å². The van der Waals surface area contributed by atoms with Crippen molar-refractivity contribution in [3.05, 3.63) is 71.2 Å². The lowest BCUT2D eigenvalue weighted by atomic mass is 10.1. The van der Waals surface area contributed by atoms with Gasteiger partial charge in [-0.15, -0.1) is 0 Å². The smallest absolute Gasteiger partial charge is 0.197 e. The van der Waals surface area contributed by atoms with Crippen LogP contribution in [0.3, 0.4) is 0 Å². The van der Waals surface area contributed by atoms with Gasteiger partial charge in [0.1, 0.15) is 11.5 Å². The maximum absolute atomic E-state index is 11.8. The molecule has 0 spiro atoms. The van der Waals surface area contributed by atoms with Crippen LogP contribution in [0.4, 0.5) is 11.5 Å². The number of carbonyl (C=O) groups is 1. The minimum atomic E-state index is 0.533. The molecular formula is C24H24N6OS. The van der Waals surface area contributed by atoms with Crippen molar-refractivity contribution in [1.82, 2.24) is 19.9 Å². The Labute approximate surface area is 190 Å². The fourth-order valence-electron chi connectivity index (χ4n) is 3.43. The lowest BCUT2D eigenvalue weighted by molar-refractivity contribution is 0.112. The Kier molecular flexibility index (Phi) is 6.61. The minimum absolute atomic E-state index is 0.533. The van der Waals surface area contributed by atoms with Crippen LogP contribution in [-0.2, 0) is 13.0 Å². The second-order valence-corrected chi connectivity index (χ2v) is 8.46. The summed E-state index contributed by atoms with van der Waals surface area (Å²) in [5, 5.41) is 5.46. The van der Waals surface area contributed by atoms with Crippen LogP contribution in [0.25, 0.3) is 11.0 Å². The number of nitrogens with zero attached hydrogens (tertiary/aromatic N) is 4. The highest BCUT2D eigenvalue weighted by atomic mass is 32.2. The highest BCUT2D eigenvalue weighted by Crippen LogP contribution is 2.30. The molecule has 0 aliphatic carbocycles. The molecule has 0 amide bonds. The Morgan fingerprint density at radius 2 is 2.06 bits per heavy atom. The number of fused-ring (bicyclic) bond motifs is 1. The summed E-state index contributed by atoms with van der Waals surface area (Å²) in [5.41, 5.74) is 5.13. The number of aldehydes is 1. The van der Waals surface area contributed by atoms with Gasteiger partial charge in [-0.3, -0.25) is 9.78 Å². The number of hydrogen-bond acceptors (Lipinski definition) is 7. The number of pyridine rings is 1. The Hall–Kier alpha value is -3.52. The van der Waals surface area contributed by atoms with Gasteiger partial charge in [-0.2, -0.15) is 0 Å². The van der Waals surface area contributed by atoms with Crippen LogP contribution in [-0.4, -0.2) is 31.3 Å². The van der Waals surface area contributed by atoms with E-state index in [4.69, 9.17) is 9.98 Å². The van der Waals surface area contributed by atoms with Crippen LogP contribution in [0.5, 0.6) is 0 Å². The number of H-pyrrole nitrogens is 1. The number of para-hydroxylation sites is 1. The van der Waals surface area contributed by atoms with Crippen molar-refractivity contribution in [3.63, 3.8) is 0 Å². The van der Waals surface area contributed by atoms with E-state index in [0.29, 0.717) is 40.5 Å². The lowest BCUT2D eigenvalue weighted by Gasteiger charge is -2.09. The molecule has 4 rings (SSSR count). The highest BCUT2D eigenvalue weighted by Gasteiger charge is 2.18. The highest BCUT2D eigenvalue weighted by molar-refractivity contribution is 8.13. The number of thioether (sulfide) groups is 1. The Morgan fingerprint density at radius 1 is 1.22 bits per heavy atom. The number of carbonyl (C=O) groups excluding carboxylic acids is 1. The summed E-state index contributed by atoms with van der Waals surface area (Å²) in [6.45, 7) is 6.51. The van der Waals surface area contributed by atoms with Crippen LogP contribution in [0.1, 0.15) is 41.0 Å². The molecule has 1 aromatic carbocycles. The van der Waals surface area contributed by atoms with E-state index in [1.165, 1.54) is 11.8 Å². The van der Waals surface area contributed by atoms with Crippen LogP contribution >= 0.6 is 11.8 Å². The maximum atomic E-state index is 11.8. The second-order valence-electron chi connectivity index (χ2n) is 7.30. The SMILES string of the molecule is CCc1[nH]c2nc(SC(C)=Nc3ccccc3C)nc(NCc3cccnc3)c2c1C=O. The minimum Gasteiger partial charge on any atom is -0.365 e. The number of benzene rings is 1. The molecule has 0 unspecified atom stereocenters. The standard InChI is InChI=1S/C24H24N6OS/c1-4-19-18(14-31)21-22(26-13-17-9-7-11-25-12-17)29-24(30-23(21)28-19)32-16(3)27-20-10-6-5-8-15(20)2/h5-12,14H,4,13H2,1-3H3,(H2,26,28,29,30). The number of anilines is 1. The van der Waals surface area contributed by atoms with Gasteiger partial charge in [0.2, 0.25) is 0 Å². The van der Waals surface area contributed by atoms with Crippen LogP contribution in [0, 0.1) is 6.92 Å². The summed E-state index contributed by atoms with van der Waals surface area (Å²) in [6.07, 6.45) is 5.11. The number of aromatic amines is 1. The van der Waals surface area contributed by atoms with Gasteiger partial charge >= 0.3 is 0 Å². The predicted molar refractivity (Wildman–Crippen MR) is 130 cm³/mol. The van der Waals surface area contributed by atoms with E-state index >= 15 is 0 Å². The second kappa shape index (κ2) is 9.74. The molecule has 0 aliphatic heterocycles. The molecule has 0 radical (unpaired) electrons. The van der Waals surface area contributed by atoms with Gasteiger partial charge in [-0.25, -0.2) is 15.0 Å². The molecule has 0 aliphatic rings. The van der Waals surface area contributed by atoms with E-state index in [0.717, 1.165) is 33.8 Å². The number of aromatic nitrogens is 4. The Morgan fingerprint density at radius 3 is 2.78 bits per heavy atom. The van der Waals surface area contributed by atoms with E-state index in [1.807, 2.05) is 57.2 Å². The van der Waals surface area contributed by atoms with Gasteiger partial charge < -0.3 is 10.3 Å². The molecule has 0 saturated heterocycles. The first-order chi connectivity index (χ1) is 15.6. The zero-order chi connectivity index (χ0) is 22.5. The van der Waals surface area contributed by atoms with E-state index < -0.39 is 0 Å². The van der Waals surface area contributed by atoms with Crippen molar-refractivity contribution in [2.24, 2.45) is 4.99 Å². The molecule has 7 nitrogen and oxygen atoms in total. The number of aryl methyl sites for hydroxylation is 2. The first-order valence-electron chi connectivity index (χ1n) is 10.4. The fourth-order valence-corrected chi connectivity index (χ4v) is 4.11. The summed E-state index contributed by atoms with van der Waals surface area (Å²) >= 11 is 1.40. The summed E-state index contributed by atoms with van der Waals surface area (Å²) in [4.78, 5) is 33.4. The number of nitrogens with one attached hydrogen (secondary N) is 2. The first kappa shape index (κ1) is 21.7. The lowest BCUT2D eigenvalue weighted by Crippen LogP contribution is -2.05. The zero-order valence-electron chi connectivity index (χ0n) is 18.2. The van der Waals surface area contributed by atoms with Gasteiger partial charge in [0.15, 0.2) is 11.4 Å². The summed E-state index contributed by atoms with van der Waals surface area (Å²) < 4.78 is 0. The average molecular weight is 445 g/mol. The van der Waals surface area contributed by atoms with E-state index in [2.05, 4.69) is 20.3 Å². The van der Waals surface area contributed by atoms with Gasteiger partial charge in [-0.05, 0) is 55.3 Å². The molecule has 8 heteroatoms. The molecule has 0 bridgehead atoms. The van der Waals surface area contributed by atoms with Crippen molar-refractivity contribution in [2.45, 2.75) is 38.9 Å². The average Bonchev–Trinajstić information content (AvgIpc) is 3.17. The van der Waals surface area contributed by atoms with Crippen molar-refractivity contribution in [3.8, 4) is 0 Å². The molecule has 4 aromatic rings. The zero-order valence-corrected chi connectivity index (χ0v) is 19.0. The van der Waals surface area contributed by atoms with Gasteiger partial charge in [0.25, 0.3) is 0 Å². The quantitative estimate of drug-likeness (QED) is 0.129. The van der Waals surface area contributed by atoms with E-state index in [1.54, 1.807) is 12.4 Å². The third-order valence-corrected chi connectivity index (χ3v) is 5.79. The molecule has 0 saturated carbocycles. The molecule has 0 atom stereocenters. The monoisotopic (exact) mass is 444 g/mol. The maximum Gasteiger partial charge on any atom is 0.197 e. The van der Waals surface area contributed by atoms with Crippen LogP contribution < -0.4 is 5.32 Å². The summed E-state index contributed by atoms with van der Waals surface area (Å²) in [5.74, 6) is 0.614. The third-order valence-electron chi connectivity index (χ3n) is 5.04. The molecule has 3 aromatic heterocycles. The van der Waals surface area contributed by atoms with Gasteiger partial charge in [0, 0.05) is 30.2 Å². The van der Waals surface area contributed by atoms with E-state index in [-0.39, 0.29) is 0 Å². The Bertz CT molecular complexity index is 1280.